The Morgan fingerprint density at radius 1 is 1.42 bits per heavy atom. The van der Waals surface area contributed by atoms with Gasteiger partial charge in [-0.15, -0.1) is 0 Å². The monoisotopic (exact) mass is 259 g/mol. The minimum absolute atomic E-state index is 0.192. The van der Waals surface area contributed by atoms with Crippen molar-refractivity contribution in [3.8, 4) is 11.5 Å². The highest BCUT2D eigenvalue weighted by Gasteiger charge is 2.21. The summed E-state index contributed by atoms with van der Waals surface area (Å²) >= 11 is 0. The van der Waals surface area contributed by atoms with Crippen molar-refractivity contribution < 1.29 is 14.3 Å². The van der Waals surface area contributed by atoms with E-state index in [-0.39, 0.29) is 12.1 Å². The molecule has 3 rings (SSSR count). The van der Waals surface area contributed by atoms with E-state index < -0.39 is 0 Å². The molecule has 1 aromatic heterocycles. The Bertz CT molecular complexity index is 568. The molecule has 0 spiro atoms. The highest BCUT2D eigenvalue weighted by atomic mass is 16.6. The van der Waals surface area contributed by atoms with Crippen LogP contribution in [0.5, 0.6) is 11.5 Å². The number of carbonyl (C=O) groups is 1. The number of nitrogens with zero attached hydrogens (tertiary/aromatic N) is 2. The van der Waals surface area contributed by atoms with E-state index in [1.54, 1.807) is 12.4 Å². The third-order valence-electron chi connectivity index (χ3n) is 2.79. The number of nitrogens with one attached hydrogen (secondary N) is 1. The highest BCUT2D eigenvalue weighted by Crippen LogP contribution is 2.30. The van der Waals surface area contributed by atoms with Crippen LogP contribution in [0.2, 0.25) is 0 Å². The van der Waals surface area contributed by atoms with Gasteiger partial charge in [-0.1, -0.05) is 12.1 Å². The molecule has 19 heavy (non-hydrogen) atoms. The molecule has 0 bridgehead atoms. The maximum atomic E-state index is 11.7. The first-order chi connectivity index (χ1) is 9.33. The largest absolute Gasteiger partial charge is 0.486 e. The molecule has 6 heteroatoms. The minimum Gasteiger partial charge on any atom is -0.486 e. The molecule has 0 fully saturated rings. The molecule has 0 aliphatic carbocycles. The van der Waals surface area contributed by atoms with Crippen LogP contribution in [0.15, 0.2) is 43.0 Å². The molecule has 1 aliphatic heterocycles. The predicted octanol–water partition coefficient (Wildman–Crippen LogP) is 1.28. The number of imidazole rings is 1. The number of benzene rings is 1. The summed E-state index contributed by atoms with van der Waals surface area (Å²) in [5, 5.41) is 2.76. The van der Waals surface area contributed by atoms with Gasteiger partial charge in [0.25, 0.3) is 0 Å². The summed E-state index contributed by atoms with van der Waals surface area (Å²) in [5.41, 5.74) is 0. The Morgan fingerprint density at radius 2 is 2.26 bits per heavy atom. The number of hydrogen-bond acceptors (Lipinski definition) is 4. The molecular formula is C13H13N3O3. The molecular weight excluding hydrogens is 246 g/mol. The Morgan fingerprint density at radius 3 is 3.05 bits per heavy atom. The summed E-state index contributed by atoms with van der Waals surface area (Å²) in [6, 6.07) is 7.24. The van der Waals surface area contributed by atoms with Crippen molar-refractivity contribution in [3.63, 3.8) is 0 Å². The first-order valence-corrected chi connectivity index (χ1v) is 5.97. The fourth-order valence-corrected chi connectivity index (χ4v) is 1.84. The van der Waals surface area contributed by atoms with Gasteiger partial charge in [0, 0.05) is 12.4 Å². The summed E-state index contributed by atoms with van der Waals surface area (Å²) in [4.78, 5) is 15.5. The number of rotatable bonds is 2. The van der Waals surface area contributed by atoms with Crippen LogP contribution in [0.4, 0.5) is 4.79 Å². The van der Waals surface area contributed by atoms with Gasteiger partial charge >= 0.3 is 6.03 Å². The molecule has 2 heterocycles. The number of hydrogen-bond donors (Lipinski definition) is 1. The molecule has 1 aromatic carbocycles. The second-order valence-corrected chi connectivity index (χ2v) is 4.15. The van der Waals surface area contributed by atoms with E-state index in [0.717, 1.165) is 5.75 Å². The second kappa shape index (κ2) is 5.01. The first-order valence-electron chi connectivity index (χ1n) is 5.97. The molecule has 98 valence electrons. The average Bonchev–Trinajstić information content (AvgIpc) is 2.99. The van der Waals surface area contributed by atoms with E-state index >= 15 is 0 Å². The molecule has 0 saturated carbocycles. The van der Waals surface area contributed by atoms with Crippen LogP contribution >= 0.6 is 0 Å². The number of amides is 1. The molecule has 2 aromatic rings. The van der Waals surface area contributed by atoms with Gasteiger partial charge in [0.1, 0.15) is 12.9 Å². The Balaban J connectivity index is 1.57. The lowest BCUT2D eigenvalue weighted by atomic mass is 10.2. The van der Waals surface area contributed by atoms with Crippen molar-refractivity contribution >= 4 is 6.03 Å². The Hall–Kier alpha value is -2.50. The highest BCUT2D eigenvalue weighted by molar-refractivity contribution is 5.76. The molecule has 1 amide bonds. The first kappa shape index (κ1) is 11.6. The van der Waals surface area contributed by atoms with Crippen molar-refractivity contribution in [1.29, 1.82) is 0 Å². The maximum absolute atomic E-state index is 11.7. The van der Waals surface area contributed by atoms with Crippen LogP contribution < -0.4 is 14.8 Å². The summed E-state index contributed by atoms with van der Waals surface area (Å²) < 4.78 is 12.7. The molecule has 1 unspecified atom stereocenters. The van der Waals surface area contributed by atoms with Gasteiger partial charge in [-0.25, -0.2) is 9.78 Å². The fraction of sp³-hybridized carbons (Fsp3) is 0.231. The number of carbonyl (C=O) groups excluding carboxylic acids is 1. The zero-order chi connectivity index (χ0) is 13.1. The lowest BCUT2D eigenvalue weighted by Crippen LogP contribution is -2.41. The third-order valence-corrected chi connectivity index (χ3v) is 2.79. The summed E-state index contributed by atoms with van der Waals surface area (Å²) in [7, 11) is 0. The zero-order valence-electron chi connectivity index (χ0n) is 10.2. The van der Waals surface area contributed by atoms with Gasteiger partial charge in [-0.3, -0.25) is 4.57 Å². The fourth-order valence-electron chi connectivity index (χ4n) is 1.84. The van der Waals surface area contributed by atoms with Gasteiger partial charge in [0.15, 0.2) is 17.6 Å². The maximum Gasteiger partial charge on any atom is 0.326 e. The van der Waals surface area contributed by atoms with E-state index in [1.807, 2.05) is 24.3 Å². The lowest BCUT2D eigenvalue weighted by molar-refractivity contribution is 0.0918. The van der Waals surface area contributed by atoms with Gasteiger partial charge in [-0.2, -0.15) is 0 Å². The minimum atomic E-state index is -0.236. The molecule has 0 radical (unpaired) electrons. The Kier molecular flexibility index (Phi) is 3.06. The molecule has 1 atom stereocenters. The normalized spacial score (nSPS) is 16.9. The number of fused-ring (bicyclic) bond motifs is 1. The standard InChI is InChI=1S/C13H13N3O3/c17-13(16-6-5-14-9-16)15-7-10-8-18-11-3-1-2-4-12(11)19-10/h1-6,9-10H,7-8H2,(H,15,17). The SMILES string of the molecule is O=C(NCC1COc2ccccc2O1)n1ccnc1. The third kappa shape index (κ3) is 2.52. The van der Waals surface area contributed by atoms with Crippen molar-refractivity contribution in [1.82, 2.24) is 14.9 Å². The Labute approximate surface area is 110 Å². The predicted molar refractivity (Wildman–Crippen MR) is 67.4 cm³/mol. The molecule has 1 aliphatic rings. The van der Waals surface area contributed by atoms with Crippen LogP contribution in [0.25, 0.3) is 0 Å². The van der Waals surface area contributed by atoms with Crippen LogP contribution in [-0.2, 0) is 0 Å². The van der Waals surface area contributed by atoms with Crippen molar-refractivity contribution in [2.75, 3.05) is 13.2 Å². The number of para-hydroxylation sites is 2. The van der Waals surface area contributed by atoms with E-state index in [9.17, 15) is 4.79 Å². The number of aromatic nitrogens is 2. The van der Waals surface area contributed by atoms with E-state index in [2.05, 4.69) is 10.3 Å². The van der Waals surface area contributed by atoms with E-state index in [4.69, 9.17) is 9.47 Å². The quantitative estimate of drug-likeness (QED) is 0.882. The van der Waals surface area contributed by atoms with E-state index in [0.29, 0.717) is 18.9 Å². The van der Waals surface area contributed by atoms with Gasteiger partial charge in [0.2, 0.25) is 0 Å². The molecule has 1 N–H and O–H groups in total. The van der Waals surface area contributed by atoms with Crippen molar-refractivity contribution in [2.24, 2.45) is 0 Å². The molecule has 6 nitrogen and oxygen atoms in total. The smallest absolute Gasteiger partial charge is 0.326 e. The summed E-state index contributed by atoms with van der Waals surface area (Å²) in [5.74, 6) is 1.44. The van der Waals surface area contributed by atoms with Crippen LogP contribution in [0.1, 0.15) is 0 Å². The van der Waals surface area contributed by atoms with Gasteiger partial charge in [-0.05, 0) is 12.1 Å². The second-order valence-electron chi connectivity index (χ2n) is 4.15. The summed E-state index contributed by atoms with van der Waals surface area (Å²) in [6.45, 7) is 0.798. The van der Waals surface area contributed by atoms with Crippen LogP contribution in [0.3, 0.4) is 0 Å². The summed E-state index contributed by atoms with van der Waals surface area (Å²) in [6.07, 6.45) is 4.39. The van der Waals surface area contributed by atoms with E-state index in [1.165, 1.54) is 10.9 Å². The van der Waals surface area contributed by atoms with Gasteiger partial charge < -0.3 is 14.8 Å². The number of ether oxygens (including phenoxy) is 2. The van der Waals surface area contributed by atoms with Gasteiger partial charge in [0.05, 0.1) is 6.54 Å². The van der Waals surface area contributed by atoms with Crippen LogP contribution in [-0.4, -0.2) is 34.8 Å². The van der Waals surface area contributed by atoms with Crippen molar-refractivity contribution in [2.45, 2.75) is 6.10 Å². The molecule has 0 saturated heterocycles. The average molecular weight is 259 g/mol. The topological polar surface area (TPSA) is 65.4 Å². The van der Waals surface area contributed by atoms with Crippen LogP contribution in [0, 0.1) is 0 Å². The zero-order valence-corrected chi connectivity index (χ0v) is 10.2. The van der Waals surface area contributed by atoms with Crippen molar-refractivity contribution in [3.05, 3.63) is 43.0 Å². The lowest BCUT2D eigenvalue weighted by Gasteiger charge is -2.26.